The molecule has 1 aromatic heterocycles. The lowest BCUT2D eigenvalue weighted by atomic mass is 10.1. The lowest BCUT2D eigenvalue weighted by Gasteiger charge is -2.01. The van der Waals surface area contributed by atoms with Crippen molar-refractivity contribution in [2.45, 2.75) is 27.2 Å². The van der Waals surface area contributed by atoms with Crippen LogP contribution >= 0.6 is 0 Å². The number of hydrogen-bond acceptors (Lipinski definition) is 2. The summed E-state index contributed by atoms with van der Waals surface area (Å²) in [5.74, 6) is -0.210. The average molecular weight is 232 g/mol. The van der Waals surface area contributed by atoms with Crippen LogP contribution in [0.3, 0.4) is 0 Å². The highest BCUT2D eigenvalue weighted by atomic mass is 19.1. The summed E-state index contributed by atoms with van der Waals surface area (Å²) in [5, 5.41) is 0. The molecule has 2 nitrogen and oxygen atoms in total. The van der Waals surface area contributed by atoms with Crippen molar-refractivity contribution in [3.63, 3.8) is 0 Å². The maximum Gasteiger partial charge on any atom is 0.123 e. The first kappa shape index (κ1) is 13.3. The van der Waals surface area contributed by atoms with Gasteiger partial charge in [-0.25, -0.2) is 14.4 Å². The van der Waals surface area contributed by atoms with Crippen LogP contribution < -0.4 is 0 Å². The van der Waals surface area contributed by atoms with Crippen LogP contribution in [0.4, 0.5) is 4.39 Å². The van der Waals surface area contributed by atoms with E-state index in [1.807, 2.05) is 32.9 Å². The number of nitrogens with zero attached hydrogens (tertiary/aromatic N) is 2. The predicted molar refractivity (Wildman–Crippen MR) is 67.3 cm³/mol. The predicted octanol–water partition coefficient (Wildman–Crippen LogP) is 3.54. The van der Waals surface area contributed by atoms with Gasteiger partial charge >= 0.3 is 0 Å². The Bertz CT molecular complexity index is 426. The summed E-state index contributed by atoms with van der Waals surface area (Å²) in [7, 11) is 0. The van der Waals surface area contributed by atoms with Crippen LogP contribution in [0.15, 0.2) is 36.7 Å². The second-order valence-electron chi connectivity index (χ2n) is 3.46. The maximum absolute atomic E-state index is 12.9. The van der Waals surface area contributed by atoms with E-state index in [1.54, 1.807) is 6.07 Å². The maximum atomic E-state index is 12.9. The van der Waals surface area contributed by atoms with E-state index in [0.29, 0.717) is 6.42 Å². The highest BCUT2D eigenvalue weighted by molar-refractivity contribution is 5.22. The molecular weight excluding hydrogens is 215 g/mol. The van der Waals surface area contributed by atoms with Crippen molar-refractivity contribution < 1.29 is 4.39 Å². The minimum absolute atomic E-state index is 0.210. The van der Waals surface area contributed by atoms with Gasteiger partial charge in [0, 0.05) is 17.8 Å². The summed E-state index contributed by atoms with van der Waals surface area (Å²) in [4.78, 5) is 8.14. The molecule has 17 heavy (non-hydrogen) atoms. The van der Waals surface area contributed by atoms with Crippen molar-refractivity contribution in [3.8, 4) is 0 Å². The van der Waals surface area contributed by atoms with Crippen molar-refractivity contribution in [2.75, 3.05) is 0 Å². The van der Waals surface area contributed by atoms with E-state index in [4.69, 9.17) is 0 Å². The van der Waals surface area contributed by atoms with Gasteiger partial charge in [0.25, 0.3) is 0 Å². The van der Waals surface area contributed by atoms with Gasteiger partial charge in [-0.05, 0) is 30.7 Å². The molecule has 0 aliphatic carbocycles. The molecule has 0 saturated carbocycles. The van der Waals surface area contributed by atoms with Crippen molar-refractivity contribution in [1.82, 2.24) is 9.97 Å². The molecule has 0 aliphatic rings. The zero-order valence-electron chi connectivity index (χ0n) is 10.4. The van der Waals surface area contributed by atoms with Gasteiger partial charge in [0.05, 0.1) is 0 Å². The summed E-state index contributed by atoms with van der Waals surface area (Å²) < 4.78 is 12.9. The van der Waals surface area contributed by atoms with E-state index in [-0.39, 0.29) is 5.82 Å². The number of aromatic nitrogens is 2. The summed E-state index contributed by atoms with van der Waals surface area (Å²) in [6.45, 7) is 5.91. The van der Waals surface area contributed by atoms with Gasteiger partial charge in [-0.3, -0.25) is 0 Å². The molecule has 0 atom stereocenters. The summed E-state index contributed by atoms with van der Waals surface area (Å²) in [5.41, 5.74) is 2.76. The van der Waals surface area contributed by atoms with E-state index >= 15 is 0 Å². The second kappa shape index (κ2) is 6.74. The van der Waals surface area contributed by atoms with Crippen molar-refractivity contribution >= 4 is 0 Å². The minimum Gasteiger partial charge on any atom is -0.242 e. The summed E-state index contributed by atoms with van der Waals surface area (Å²) in [6.07, 6.45) is 2.17. The van der Waals surface area contributed by atoms with E-state index in [2.05, 4.69) is 9.97 Å². The Morgan fingerprint density at radius 1 is 1.12 bits per heavy atom. The smallest absolute Gasteiger partial charge is 0.123 e. The van der Waals surface area contributed by atoms with Gasteiger partial charge in [-0.1, -0.05) is 26.0 Å². The number of rotatable bonds is 2. The SMILES string of the molecule is CC.Cc1cc(Cc2cccc(F)c2)ncn1. The number of benzene rings is 1. The highest BCUT2D eigenvalue weighted by Gasteiger charge is 1.99. The lowest BCUT2D eigenvalue weighted by molar-refractivity contribution is 0.626. The quantitative estimate of drug-likeness (QED) is 0.791. The van der Waals surface area contributed by atoms with Crippen LogP contribution in [0.1, 0.15) is 30.8 Å². The Morgan fingerprint density at radius 3 is 2.53 bits per heavy atom. The molecule has 90 valence electrons. The van der Waals surface area contributed by atoms with Crippen LogP contribution in [-0.4, -0.2) is 9.97 Å². The molecule has 0 amide bonds. The number of hydrogen-bond donors (Lipinski definition) is 0. The van der Waals surface area contributed by atoms with E-state index < -0.39 is 0 Å². The standard InChI is InChI=1S/C12H11FN2.C2H6/c1-9-5-12(15-8-14-9)7-10-3-2-4-11(13)6-10;1-2/h2-6,8H,7H2,1H3;1-2H3. The third-order valence-corrected chi connectivity index (χ3v) is 2.13. The largest absolute Gasteiger partial charge is 0.242 e. The molecule has 2 aromatic rings. The third kappa shape index (κ3) is 4.31. The molecule has 0 unspecified atom stereocenters. The number of aryl methyl sites for hydroxylation is 1. The van der Waals surface area contributed by atoms with Crippen LogP contribution in [-0.2, 0) is 6.42 Å². The molecule has 0 saturated heterocycles. The normalized spacial score (nSPS) is 9.41. The topological polar surface area (TPSA) is 25.8 Å². The number of halogens is 1. The average Bonchev–Trinajstić information content (AvgIpc) is 2.31. The fourth-order valence-corrected chi connectivity index (χ4v) is 1.46. The fraction of sp³-hybridized carbons (Fsp3) is 0.286. The Morgan fingerprint density at radius 2 is 1.88 bits per heavy atom. The van der Waals surface area contributed by atoms with Crippen LogP contribution in [0.2, 0.25) is 0 Å². The third-order valence-electron chi connectivity index (χ3n) is 2.13. The first-order valence-corrected chi connectivity index (χ1v) is 5.76. The fourth-order valence-electron chi connectivity index (χ4n) is 1.46. The zero-order valence-corrected chi connectivity index (χ0v) is 10.4. The Balaban J connectivity index is 0.000000686. The minimum atomic E-state index is -0.210. The van der Waals surface area contributed by atoms with Gasteiger partial charge in [0.1, 0.15) is 12.1 Å². The first-order valence-electron chi connectivity index (χ1n) is 5.76. The van der Waals surface area contributed by atoms with E-state index in [0.717, 1.165) is 17.0 Å². The molecule has 0 N–H and O–H groups in total. The van der Waals surface area contributed by atoms with Crippen LogP contribution in [0.5, 0.6) is 0 Å². The van der Waals surface area contributed by atoms with Gasteiger partial charge in [-0.2, -0.15) is 0 Å². The Hall–Kier alpha value is -1.77. The Kier molecular flexibility index (Phi) is 5.27. The van der Waals surface area contributed by atoms with E-state index in [9.17, 15) is 4.39 Å². The van der Waals surface area contributed by atoms with Gasteiger partial charge in [-0.15, -0.1) is 0 Å². The van der Waals surface area contributed by atoms with Gasteiger partial charge < -0.3 is 0 Å². The van der Waals surface area contributed by atoms with Crippen molar-refractivity contribution in [3.05, 3.63) is 59.4 Å². The zero-order chi connectivity index (χ0) is 12.7. The highest BCUT2D eigenvalue weighted by Crippen LogP contribution is 2.09. The molecule has 0 bridgehead atoms. The molecule has 1 heterocycles. The summed E-state index contributed by atoms with van der Waals surface area (Å²) >= 11 is 0. The van der Waals surface area contributed by atoms with E-state index in [1.165, 1.54) is 18.5 Å². The molecular formula is C14H17FN2. The molecule has 2 rings (SSSR count). The molecule has 0 fully saturated rings. The first-order chi connectivity index (χ1) is 8.24. The van der Waals surface area contributed by atoms with Crippen LogP contribution in [0.25, 0.3) is 0 Å². The molecule has 0 radical (unpaired) electrons. The molecule has 0 aliphatic heterocycles. The molecule has 3 heteroatoms. The van der Waals surface area contributed by atoms with Crippen LogP contribution in [0, 0.1) is 12.7 Å². The lowest BCUT2D eigenvalue weighted by Crippen LogP contribution is -1.94. The monoisotopic (exact) mass is 232 g/mol. The Labute approximate surface area is 102 Å². The van der Waals surface area contributed by atoms with Crippen molar-refractivity contribution in [1.29, 1.82) is 0 Å². The molecule has 1 aromatic carbocycles. The van der Waals surface area contributed by atoms with Crippen molar-refractivity contribution in [2.24, 2.45) is 0 Å². The second-order valence-corrected chi connectivity index (χ2v) is 3.46. The van der Waals surface area contributed by atoms with Gasteiger partial charge in [0.2, 0.25) is 0 Å². The molecule has 0 spiro atoms. The summed E-state index contributed by atoms with van der Waals surface area (Å²) in [6, 6.07) is 8.47. The van der Waals surface area contributed by atoms with Gasteiger partial charge in [0.15, 0.2) is 0 Å².